The van der Waals surface area contributed by atoms with E-state index in [1.54, 1.807) is 22.7 Å². The molecule has 4 amide bonds. The minimum Gasteiger partial charge on any atom is -0.457 e. The number of nitrogens with zero attached hydrogens (tertiary/aromatic N) is 6. The predicted molar refractivity (Wildman–Crippen MR) is 244 cm³/mol. The molecule has 3 N–H and O–H groups in total. The summed E-state index contributed by atoms with van der Waals surface area (Å²) in [4.78, 5) is 63.1. The standard InChI is InChI=1S/C47H54N8O10S/c48-44-42-43(32-9-11-35(12-10-32)65-34-5-2-1-3-6-34)52-55(45(42)50-31-49-44)33-15-17-53(18-16-33)41(57)30-64-26-25-62-22-21-60-19-20-61-23-24-63-27-28-66-39-8-4-7-36-37(39)29-54(47(36)59)38-13-14-40(56)51-46(38)58/h1-12,31,33,38H,13-30H2,(H2,48,49,50)(H,51,56,58). The molecule has 18 nitrogen and oxygen atoms in total. The highest BCUT2D eigenvalue weighted by molar-refractivity contribution is 7.99. The number of ether oxygens (including phenoxy) is 6. The van der Waals surface area contributed by atoms with Gasteiger partial charge in [-0.15, -0.1) is 11.8 Å². The number of carbonyl (C=O) groups excluding carboxylic acids is 4. The van der Waals surface area contributed by atoms with Gasteiger partial charge < -0.3 is 44.0 Å². The summed E-state index contributed by atoms with van der Waals surface area (Å²) in [5, 5.41) is 8.03. The SMILES string of the molecule is Nc1ncnc2c1c(-c1ccc(Oc3ccccc3)cc1)nn2C1CCN(C(=O)COCCOCCOCCOCCOCCSc2cccc3c2CN(C2CCC(=O)NC2=O)C3=O)CC1. The van der Waals surface area contributed by atoms with Gasteiger partial charge >= 0.3 is 0 Å². The minimum atomic E-state index is -0.634. The third-order valence-electron chi connectivity index (χ3n) is 11.5. The topological polar surface area (TPSA) is 212 Å². The number of nitrogens with two attached hydrogens (primary N) is 1. The van der Waals surface area contributed by atoms with Crippen LogP contribution >= 0.6 is 11.8 Å². The van der Waals surface area contributed by atoms with Crippen molar-refractivity contribution >= 4 is 52.2 Å². The highest BCUT2D eigenvalue weighted by Gasteiger charge is 2.40. The van der Waals surface area contributed by atoms with Crippen molar-refractivity contribution in [2.45, 2.75) is 49.2 Å². The van der Waals surface area contributed by atoms with Crippen molar-refractivity contribution in [3.05, 3.63) is 90.3 Å². The number of benzene rings is 3. The van der Waals surface area contributed by atoms with Gasteiger partial charge in [0.15, 0.2) is 5.65 Å². The lowest BCUT2D eigenvalue weighted by molar-refractivity contribution is -0.138. The maximum Gasteiger partial charge on any atom is 0.255 e. The molecule has 1 unspecified atom stereocenters. The number of likely N-dealkylation sites (tertiary alicyclic amines) is 1. The smallest absolute Gasteiger partial charge is 0.255 e. The molecular formula is C47H54N8O10S. The van der Waals surface area contributed by atoms with Crippen LogP contribution in [-0.2, 0) is 44.6 Å². The van der Waals surface area contributed by atoms with Crippen LogP contribution in [0.15, 0.2) is 84.0 Å². The predicted octanol–water partition coefficient (Wildman–Crippen LogP) is 4.67. The van der Waals surface area contributed by atoms with E-state index >= 15 is 0 Å². The number of anilines is 1. The molecule has 3 aromatic carbocycles. The number of rotatable bonds is 23. The Morgan fingerprint density at radius 1 is 0.758 bits per heavy atom. The molecule has 2 aromatic heterocycles. The number of hydrogen-bond acceptors (Lipinski definition) is 15. The summed E-state index contributed by atoms with van der Waals surface area (Å²) in [5.74, 6) is 1.55. The van der Waals surface area contributed by atoms with E-state index in [2.05, 4.69) is 15.3 Å². The molecular weight excluding hydrogens is 869 g/mol. The van der Waals surface area contributed by atoms with Gasteiger partial charge in [0.25, 0.3) is 5.91 Å². The summed E-state index contributed by atoms with van der Waals surface area (Å²) < 4.78 is 36.0. The normalized spacial score (nSPS) is 16.5. The Bertz CT molecular complexity index is 2450. The third-order valence-corrected chi connectivity index (χ3v) is 12.6. The van der Waals surface area contributed by atoms with E-state index in [9.17, 15) is 19.2 Å². The molecule has 3 aliphatic rings. The quantitative estimate of drug-likeness (QED) is 0.0518. The van der Waals surface area contributed by atoms with Crippen LogP contribution in [-0.4, -0.2) is 144 Å². The van der Waals surface area contributed by atoms with E-state index in [1.165, 1.54) is 6.33 Å². The number of nitrogen functional groups attached to an aromatic ring is 1. The van der Waals surface area contributed by atoms with E-state index in [0.29, 0.717) is 138 Å². The number of amides is 4. The fourth-order valence-corrected chi connectivity index (χ4v) is 9.10. The first kappa shape index (κ1) is 46.6. The van der Waals surface area contributed by atoms with Crippen LogP contribution in [0.25, 0.3) is 22.3 Å². The first-order valence-corrected chi connectivity index (χ1v) is 23.2. The average Bonchev–Trinajstić information content (AvgIpc) is 3.89. The Hall–Kier alpha value is -5.96. The highest BCUT2D eigenvalue weighted by Crippen LogP contribution is 2.36. The van der Waals surface area contributed by atoms with Crippen molar-refractivity contribution in [2.75, 3.05) is 90.6 Å². The molecule has 8 rings (SSSR count). The van der Waals surface area contributed by atoms with Crippen LogP contribution in [0, 0.1) is 0 Å². The Balaban J connectivity index is 0.639. The lowest BCUT2D eigenvalue weighted by atomic mass is 10.0. The summed E-state index contributed by atoms with van der Waals surface area (Å²) in [7, 11) is 0. The Morgan fingerprint density at radius 2 is 1.42 bits per heavy atom. The van der Waals surface area contributed by atoms with Crippen LogP contribution in [0.1, 0.15) is 47.6 Å². The van der Waals surface area contributed by atoms with Crippen molar-refractivity contribution in [1.29, 1.82) is 0 Å². The van der Waals surface area contributed by atoms with Crippen LogP contribution in [0.3, 0.4) is 0 Å². The number of hydrogen-bond donors (Lipinski definition) is 2. The Labute approximate surface area is 386 Å². The number of piperidine rings is 2. The van der Waals surface area contributed by atoms with Crippen molar-refractivity contribution < 1.29 is 47.6 Å². The zero-order chi connectivity index (χ0) is 45.7. The second-order valence-electron chi connectivity index (χ2n) is 15.8. The van der Waals surface area contributed by atoms with E-state index in [4.69, 9.17) is 39.3 Å². The average molecular weight is 923 g/mol. The van der Waals surface area contributed by atoms with Gasteiger partial charge in [0.05, 0.1) is 70.9 Å². The number of carbonyl (C=O) groups is 4. The summed E-state index contributed by atoms with van der Waals surface area (Å²) in [5.41, 5.74) is 10.1. The lowest BCUT2D eigenvalue weighted by Crippen LogP contribution is -2.52. The van der Waals surface area contributed by atoms with Gasteiger partial charge in [-0.3, -0.25) is 24.5 Å². The maximum atomic E-state index is 13.0. The number of thioether (sulfide) groups is 1. The molecule has 2 fully saturated rings. The number of aromatic nitrogens is 4. The molecule has 0 saturated carbocycles. The van der Waals surface area contributed by atoms with Gasteiger partial charge in [-0.2, -0.15) is 5.10 Å². The second kappa shape index (κ2) is 23.0. The monoisotopic (exact) mass is 922 g/mol. The first-order chi connectivity index (χ1) is 32.3. The molecule has 0 radical (unpaired) electrons. The van der Waals surface area contributed by atoms with Gasteiger partial charge in [-0.1, -0.05) is 24.3 Å². The summed E-state index contributed by atoms with van der Waals surface area (Å²) in [6, 6.07) is 22.3. The molecule has 0 aliphatic carbocycles. The fraction of sp³-hybridized carbons (Fsp3) is 0.426. The lowest BCUT2D eigenvalue weighted by Gasteiger charge is -2.32. The highest BCUT2D eigenvalue weighted by atomic mass is 32.2. The number of para-hydroxylation sites is 1. The Kier molecular flexibility index (Phi) is 16.2. The van der Waals surface area contributed by atoms with Gasteiger partial charge in [0, 0.05) is 47.8 Å². The fourth-order valence-electron chi connectivity index (χ4n) is 8.15. The number of imide groups is 1. The van der Waals surface area contributed by atoms with E-state index < -0.39 is 11.9 Å². The largest absolute Gasteiger partial charge is 0.457 e. The molecule has 0 spiro atoms. The maximum absolute atomic E-state index is 13.0. The van der Waals surface area contributed by atoms with Crippen molar-refractivity contribution in [3.8, 4) is 22.8 Å². The van der Waals surface area contributed by atoms with Crippen molar-refractivity contribution in [2.24, 2.45) is 0 Å². The minimum absolute atomic E-state index is 0.0169. The van der Waals surface area contributed by atoms with Gasteiger partial charge in [0.2, 0.25) is 17.7 Å². The summed E-state index contributed by atoms with van der Waals surface area (Å²) in [6.45, 7) is 5.15. The molecule has 5 aromatic rings. The van der Waals surface area contributed by atoms with Crippen LogP contribution in [0.2, 0.25) is 0 Å². The van der Waals surface area contributed by atoms with Crippen molar-refractivity contribution in [3.63, 3.8) is 0 Å². The molecule has 19 heteroatoms. The van der Waals surface area contributed by atoms with E-state index in [0.717, 1.165) is 21.8 Å². The summed E-state index contributed by atoms with van der Waals surface area (Å²) in [6.07, 6.45) is 3.43. The molecule has 1 atom stereocenters. The zero-order valence-electron chi connectivity index (χ0n) is 36.6. The molecule has 348 valence electrons. The number of nitrogens with one attached hydrogen (secondary N) is 1. The third kappa shape index (κ3) is 11.7. The second-order valence-corrected chi connectivity index (χ2v) is 17.0. The van der Waals surface area contributed by atoms with Crippen LogP contribution < -0.4 is 15.8 Å². The summed E-state index contributed by atoms with van der Waals surface area (Å²) >= 11 is 1.60. The molecule has 66 heavy (non-hydrogen) atoms. The molecule has 2 saturated heterocycles. The van der Waals surface area contributed by atoms with Crippen LogP contribution in [0.5, 0.6) is 11.5 Å². The van der Waals surface area contributed by atoms with Crippen molar-refractivity contribution in [1.82, 2.24) is 34.9 Å². The Morgan fingerprint density at radius 3 is 2.12 bits per heavy atom. The molecule has 3 aliphatic heterocycles. The van der Waals surface area contributed by atoms with Crippen LogP contribution in [0.4, 0.5) is 5.82 Å². The van der Waals surface area contributed by atoms with Gasteiger partial charge in [0.1, 0.15) is 42.0 Å². The van der Waals surface area contributed by atoms with Gasteiger partial charge in [-0.25, -0.2) is 14.6 Å². The van der Waals surface area contributed by atoms with E-state index in [-0.39, 0.29) is 36.8 Å². The molecule has 5 heterocycles. The molecule has 0 bridgehead atoms. The van der Waals surface area contributed by atoms with E-state index in [1.807, 2.05) is 76.3 Å². The zero-order valence-corrected chi connectivity index (χ0v) is 37.5. The number of fused-ring (bicyclic) bond motifs is 2. The first-order valence-electron chi connectivity index (χ1n) is 22.2. The van der Waals surface area contributed by atoms with Gasteiger partial charge in [-0.05, 0) is 73.4 Å².